The lowest BCUT2D eigenvalue weighted by atomic mass is 10.2. The number of carbonyl (C=O) groups is 1. The van der Waals surface area contributed by atoms with Gasteiger partial charge in [0, 0.05) is 28.9 Å². The summed E-state index contributed by atoms with van der Waals surface area (Å²) in [6.07, 6.45) is 7.96. The maximum atomic E-state index is 12.2. The molecule has 1 heterocycles. The molecule has 0 saturated carbocycles. The molecule has 0 saturated heterocycles. The van der Waals surface area contributed by atoms with Crippen LogP contribution in [0.4, 0.5) is 0 Å². The van der Waals surface area contributed by atoms with Gasteiger partial charge in [-0.25, -0.2) is 5.48 Å². The van der Waals surface area contributed by atoms with Crippen LogP contribution in [0.3, 0.4) is 0 Å². The topological polar surface area (TPSA) is 71.3 Å². The zero-order chi connectivity index (χ0) is 16.7. The van der Waals surface area contributed by atoms with E-state index >= 15 is 0 Å². The van der Waals surface area contributed by atoms with E-state index in [4.69, 9.17) is 5.21 Å². The van der Waals surface area contributed by atoms with Crippen molar-refractivity contribution < 1.29 is 10.0 Å². The highest BCUT2D eigenvalue weighted by Gasteiger charge is 2.00. The van der Waals surface area contributed by atoms with E-state index in [9.17, 15) is 9.59 Å². The van der Waals surface area contributed by atoms with Crippen LogP contribution in [0.1, 0.15) is 11.1 Å². The van der Waals surface area contributed by atoms with E-state index < -0.39 is 5.91 Å². The number of hydroxylamine groups is 1. The number of hydrogen-bond acceptors (Lipinski definition) is 3. The van der Waals surface area contributed by atoms with Crippen molar-refractivity contribution in [3.8, 4) is 0 Å². The molecule has 1 aromatic heterocycles. The molecule has 0 radical (unpaired) electrons. The highest BCUT2D eigenvalue weighted by atomic mass is 79.9. The molecule has 1 amide bonds. The number of benzene rings is 1. The summed E-state index contributed by atoms with van der Waals surface area (Å²) in [6.45, 7) is 0.419. The summed E-state index contributed by atoms with van der Waals surface area (Å²) in [5.41, 5.74) is 2.67. The zero-order valence-corrected chi connectivity index (χ0v) is 13.7. The molecule has 0 aliphatic carbocycles. The SMILES string of the molecule is O=C(/C=C/c1cccn(C/C=C/c2ccc(Br)cc2)c1=O)NO. The van der Waals surface area contributed by atoms with E-state index in [1.165, 1.54) is 16.1 Å². The zero-order valence-electron chi connectivity index (χ0n) is 12.1. The lowest BCUT2D eigenvalue weighted by Gasteiger charge is -2.03. The number of pyridine rings is 1. The van der Waals surface area contributed by atoms with Crippen molar-refractivity contribution in [2.75, 3.05) is 0 Å². The van der Waals surface area contributed by atoms with Gasteiger partial charge in [0.2, 0.25) is 0 Å². The molecule has 0 spiro atoms. The number of hydrogen-bond donors (Lipinski definition) is 2. The highest BCUT2D eigenvalue weighted by Crippen LogP contribution is 2.11. The Kier molecular flexibility index (Phi) is 6.08. The third kappa shape index (κ3) is 5.05. The fourth-order valence-corrected chi connectivity index (χ4v) is 2.17. The molecule has 1 aromatic carbocycles. The number of allylic oxidation sites excluding steroid dienone is 1. The van der Waals surface area contributed by atoms with Crippen LogP contribution in [0.15, 0.2) is 64.0 Å². The molecule has 2 rings (SSSR count). The van der Waals surface area contributed by atoms with Crippen molar-refractivity contribution in [1.82, 2.24) is 10.0 Å². The van der Waals surface area contributed by atoms with Crippen molar-refractivity contribution in [3.63, 3.8) is 0 Å². The minimum absolute atomic E-state index is 0.213. The van der Waals surface area contributed by atoms with Gasteiger partial charge in [0.05, 0.1) is 0 Å². The third-order valence-electron chi connectivity index (χ3n) is 3.06. The van der Waals surface area contributed by atoms with Crippen molar-refractivity contribution in [1.29, 1.82) is 0 Å². The van der Waals surface area contributed by atoms with Gasteiger partial charge < -0.3 is 4.57 Å². The van der Waals surface area contributed by atoms with Crippen LogP contribution >= 0.6 is 15.9 Å². The molecule has 0 fully saturated rings. The number of halogens is 1. The first-order chi connectivity index (χ1) is 11.1. The maximum absolute atomic E-state index is 12.2. The molecular weight excluding hydrogens is 360 g/mol. The minimum Gasteiger partial charge on any atom is -0.311 e. The predicted octanol–water partition coefficient (Wildman–Crippen LogP) is 2.84. The van der Waals surface area contributed by atoms with Gasteiger partial charge in [-0.15, -0.1) is 0 Å². The van der Waals surface area contributed by atoms with Gasteiger partial charge in [-0.1, -0.05) is 40.2 Å². The molecule has 0 bridgehead atoms. The van der Waals surface area contributed by atoms with Gasteiger partial charge in [0.15, 0.2) is 0 Å². The third-order valence-corrected chi connectivity index (χ3v) is 3.59. The fraction of sp³-hybridized carbons (Fsp3) is 0.0588. The number of amides is 1. The quantitative estimate of drug-likeness (QED) is 0.480. The van der Waals surface area contributed by atoms with E-state index in [1.807, 2.05) is 36.4 Å². The van der Waals surface area contributed by atoms with Crippen molar-refractivity contribution in [2.24, 2.45) is 0 Å². The van der Waals surface area contributed by atoms with Gasteiger partial charge >= 0.3 is 0 Å². The Hall–Kier alpha value is -2.44. The van der Waals surface area contributed by atoms with Crippen LogP contribution in [0, 0.1) is 0 Å². The minimum atomic E-state index is -0.685. The van der Waals surface area contributed by atoms with Gasteiger partial charge in [0.25, 0.3) is 11.5 Å². The van der Waals surface area contributed by atoms with Crippen LogP contribution in [-0.4, -0.2) is 15.7 Å². The Morgan fingerprint density at radius 3 is 2.65 bits per heavy atom. The number of carbonyl (C=O) groups excluding carboxylic acids is 1. The van der Waals surface area contributed by atoms with E-state index in [-0.39, 0.29) is 5.56 Å². The lowest BCUT2D eigenvalue weighted by Crippen LogP contribution is -2.21. The second-order valence-electron chi connectivity index (χ2n) is 4.68. The molecule has 118 valence electrons. The number of rotatable bonds is 5. The molecule has 2 aromatic rings. The maximum Gasteiger partial charge on any atom is 0.267 e. The van der Waals surface area contributed by atoms with Gasteiger partial charge in [0.1, 0.15) is 0 Å². The Morgan fingerprint density at radius 1 is 1.22 bits per heavy atom. The van der Waals surface area contributed by atoms with Gasteiger partial charge in [-0.3, -0.25) is 14.8 Å². The van der Waals surface area contributed by atoms with Crippen LogP contribution in [0.2, 0.25) is 0 Å². The van der Waals surface area contributed by atoms with E-state index in [2.05, 4.69) is 15.9 Å². The van der Waals surface area contributed by atoms with Gasteiger partial charge in [-0.05, 0) is 35.9 Å². The summed E-state index contributed by atoms with van der Waals surface area (Å²) < 4.78 is 2.54. The number of aromatic nitrogens is 1. The molecule has 0 unspecified atom stereocenters. The summed E-state index contributed by atoms with van der Waals surface area (Å²) in [6, 6.07) is 11.2. The molecular formula is C17H15BrN2O3. The summed E-state index contributed by atoms with van der Waals surface area (Å²) in [4.78, 5) is 23.2. The second kappa shape index (κ2) is 8.26. The van der Waals surface area contributed by atoms with Crippen molar-refractivity contribution in [2.45, 2.75) is 6.54 Å². The Bertz CT molecular complexity index is 792. The molecule has 23 heavy (non-hydrogen) atoms. The van der Waals surface area contributed by atoms with E-state index in [0.717, 1.165) is 16.1 Å². The molecule has 0 atom stereocenters. The second-order valence-corrected chi connectivity index (χ2v) is 5.60. The van der Waals surface area contributed by atoms with Crippen molar-refractivity contribution in [3.05, 3.63) is 80.7 Å². The monoisotopic (exact) mass is 374 g/mol. The van der Waals surface area contributed by atoms with Crippen molar-refractivity contribution >= 4 is 34.0 Å². The first kappa shape index (κ1) is 16.9. The normalized spacial score (nSPS) is 11.2. The summed E-state index contributed by atoms with van der Waals surface area (Å²) in [5.74, 6) is -0.685. The van der Waals surface area contributed by atoms with Crippen LogP contribution < -0.4 is 11.0 Å². The first-order valence-corrected chi connectivity index (χ1v) is 7.63. The molecule has 5 nitrogen and oxygen atoms in total. The predicted molar refractivity (Wildman–Crippen MR) is 92.8 cm³/mol. The number of nitrogens with zero attached hydrogens (tertiary/aromatic N) is 1. The molecule has 0 aliphatic heterocycles. The van der Waals surface area contributed by atoms with Crippen LogP contribution in [0.5, 0.6) is 0 Å². The fourth-order valence-electron chi connectivity index (χ4n) is 1.90. The van der Waals surface area contributed by atoms with Gasteiger partial charge in [-0.2, -0.15) is 0 Å². The average molecular weight is 375 g/mol. The Balaban J connectivity index is 2.11. The van der Waals surface area contributed by atoms with E-state index in [1.54, 1.807) is 18.3 Å². The summed E-state index contributed by atoms with van der Waals surface area (Å²) in [7, 11) is 0. The van der Waals surface area contributed by atoms with Crippen LogP contribution in [-0.2, 0) is 11.3 Å². The standard InChI is InChI=1S/C17H15BrN2O3/c18-15-8-5-13(6-9-15)3-1-11-20-12-2-4-14(17(20)22)7-10-16(21)19-23/h1-10,12,23H,11H2,(H,19,21)/b3-1+,10-7+. The van der Waals surface area contributed by atoms with Crippen LogP contribution in [0.25, 0.3) is 12.2 Å². The summed E-state index contributed by atoms with van der Waals surface area (Å²) in [5, 5.41) is 8.43. The van der Waals surface area contributed by atoms with E-state index in [0.29, 0.717) is 12.1 Å². The number of nitrogens with one attached hydrogen (secondary N) is 1. The largest absolute Gasteiger partial charge is 0.311 e. The smallest absolute Gasteiger partial charge is 0.267 e. The first-order valence-electron chi connectivity index (χ1n) is 6.84. The summed E-state index contributed by atoms with van der Waals surface area (Å²) >= 11 is 3.38. The molecule has 6 heteroatoms. The lowest BCUT2D eigenvalue weighted by molar-refractivity contribution is -0.124. The Labute approximate surface area is 141 Å². The Morgan fingerprint density at radius 2 is 1.96 bits per heavy atom. The molecule has 0 aliphatic rings. The average Bonchev–Trinajstić information content (AvgIpc) is 2.56. The highest BCUT2D eigenvalue weighted by molar-refractivity contribution is 9.10. The molecule has 2 N–H and O–H groups in total.